The van der Waals surface area contributed by atoms with Crippen molar-refractivity contribution in [1.82, 2.24) is 4.90 Å². The van der Waals surface area contributed by atoms with E-state index in [1.165, 1.54) is 0 Å². The lowest BCUT2D eigenvalue weighted by atomic mass is 9.96. The van der Waals surface area contributed by atoms with Gasteiger partial charge in [0.1, 0.15) is 0 Å². The minimum Gasteiger partial charge on any atom is -0.481 e. The average molecular weight is 271 g/mol. The Kier molecular flexibility index (Phi) is 6.84. The zero-order valence-corrected chi connectivity index (χ0v) is 11.9. The van der Waals surface area contributed by atoms with E-state index < -0.39 is 5.97 Å². The summed E-state index contributed by atoms with van der Waals surface area (Å²) < 4.78 is 5.05. The first kappa shape index (κ1) is 16.0. The normalized spacial score (nSPS) is 21.2. The van der Waals surface area contributed by atoms with Crippen LogP contribution in [-0.2, 0) is 14.3 Å². The third kappa shape index (κ3) is 5.59. The number of carboxylic acid groups (broad SMARTS) is 1. The second-order valence-electron chi connectivity index (χ2n) is 5.43. The fraction of sp³-hybridized carbons (Fsp3) is 0.857. The number of amides is 1. The number of hydrogen-bond acceptors (Lipinski definition) is 3. The molecule has 1 heterocycles. The molecular weight excluding hydrogens is 246 g/mol. The quantitative estimate of drug-likeness (QED) is 0.768. The van der Waals surface area contributed by atoms with Gasteiger partial charge in [-0.15, -0.1) is 0 Å². The lowest BCUT2D eigenvalue weighted by molar-refractivity contribution is -0.140. The predicted molar refractivity (Wildman–Crippen MR) is 71.9 cm³/mol. The number of rotatable bonds is 7. The van der Waals surface area contributed by atoms with Crippen LogP contribution in [0.25, 0.3) is 0 Å². The molecule has 0 aromatic carbocycles. The molecule has 1 fully saturated rings. The minimum atomic E-state index is -0.786. The maximum Gasteiger partial charge on any atom is 0.303 e. The number of methoxy groups -OCH3 is 1. The molecule has 110 valence electrons. The summed E-state index contributed by atoms with van der Waals surface area (Å²) in [5.41, 5.74) is 0. The molecule has 1 saturated heterocycles. The van der Waals surface area contributed by atoms with Crippen molar-refractivity contribution in [2.75, 3.05) is 20.3 Å². The Labute approximate surface area is 114 Å². The van der Waals surface area contributed by atoms with Crippen LogP contribution in [0.15, 0.2) is 0 Å². The molecule has 1 amide bonds. The van der Waals surface area contributed by atoms with Crippen LogP contribution in [0.3, 0.4) is 0 Å². The first-order valence-electron chi connectivity index (χ1n) is 7.04. The zero-order valence-electron chi connectivity index (χ0n) is 11.9. The van der Waals surface area contributed by atoms with E-state index >= 15 is 0 Å². The Morgan fingerprint density at radius 1 is 1.42 bits per heavy atom. The molecule has 0 spiro atoms. The number of aliphatic carboxylic acids is 1. The van der Waals surface area contributed by atoms with E-state index in [1.54, 1.807) is 7.11 Å². The number of carboxylic acids is 1. The smallest absolute Gasteiger partial charge is 0.303 e. The molecule has 0 aliphatic carbocycles. The minimum absolute atomic E-state index is 0.104. The summed E-state index contributed by atoms with van der Waals surface area (Å²) in [4.78, 5) is 24.8. The monoisotopic (exact) mass is 271 g/mol. The van der Waals surface area contributed by atoms with Gasteiger partial charge >= 0.3 is 5.97 Å². The SMILES string of the molecule is COCC(C)CC(=O)N1CCCCC1CCC(=O)O. The summed E-state index contributed by atoms with van der Waals surface area (Å²) in [6, 6.07) is 0.104. The molecule has 0 bridgehead atoms. The van der Waals surface area contributed by atoms with Gasteiger partial charge in [-0.3, -0.25) is 9.59 Å². The van der Waals surface area contributed by atoms with Crippen molar-refractivity contribution in [3.8, 4) is 0 Å². The molecule has 0 aromatic heterocycles. The Bertz CT molecular complexity index is 306. The van der Waals surface area contributed by atoms with E-state index in [4.69, 9.17) is 9.84 Å². The molecule has 1 rings (SSSR count). The molecule has 0 aromatic rings. The van der Waals surface area contributed by atoms with Gasteiger partial charge in [0.2, 0.25) is 5.91 Å². The van der Waals surface area contributed by atoms with Gasteiger partial charge in [0.05, 0.1) is 0 Å². The number of piperidine rings is 1. The molecule has 0 radical (unpaired) electrons. The predicted octanol–water partition coefficient (Wildman–Crippen LogP) is 1.90. The fourth-order valence-corrected chi connectivity index (χ4v) is 2.68. The van der Waals surface area contributed by atoms with Gasteiger partial charge in [-0.25, -0.2) is 0 Å². The van der Waals surface area contributed by atoms with Crippen LogP contribution in [0.4, 0.5) is 0 Å². The van der Waals surface area contributed by atoms with Gasteiger partial charge in [0.25, 0.3) is 0 Å². The first-order chi connectivity index (χ1) is 9.04. The lowest BCUT2D eigenvalue weighted by Gasteiger charge is -2.36. The third-order valence-corrected chi connectivity index (χ3v) is 3.61. The molecular formula is C14H25NO4. The van der Waals surface area contributed by atoms with Crippen LogP contribution in [0.5, 0.6) is 0 Å². The summed E-state index contributed by atoms with van der Waals surface area (Å²) >= 11 is 0. The van der Waals surface area contributed by atoms with Crippen molar-refractivity contribution in [3.63, 3.8) is 0 Å². The molecule has 19 heavy (non-hydrogen) atoms. The van der Waals surface area contributed by atoms with Crippen LogP contribution < -0.4 is 0 Å². The second kappa shape index (κ2) is 8.15. The van der Waals surface area contributed by atoms with Gasteiger partial charge in [0, 0.05) is 39.1 Å². The number of carbonyl (C=O) groups is 2. The molecule has 2 atom stereocenters. The standard InChI is InChI=1S/C14H25NO4/c1-11(10-19-2)9-13(16)15-8-4-3-5-12(15)6-7-14(17)18/h11-12H,3-10H2,1-2H3,(H,17,18). The van der Waals surface area contributed by atoms with Gasteiger partial charge in [-0.05, 0) is 31.6 Å². The molecule has 1 aliphatic heterocycles. The summed E-state index contributed by atoms with van der Waals surface area (Å²) in [5, 5.41) is 8.76. The fourth-order valence-electron chi connectivity index (χ4n) is 2.68. The maximum absolute atomic E-state index is 12.3. The summed E-state index contributed by atoms with van der Waals surface area (Å²) in [5.74, 6) is -0.440. The summed E-state index contributed by atoms with van der Waals surface area (Å²) in [7, 11) is 1.64. The van der Waals surface area contributed by atoms with Gasteiger partial charge in [-0.2, -0.15) is 0 Å². The summed E-state index contributed by atoms with van der Waals surface area (Å²) in [6.07, 6.45) is 4.23. The Balaban J connectivity index is 2.50. The van der Waals surface area contributed by atoms with Crippen molar-refractivity contribution in [2.24, 2.45) is 5.92 Å². The molecule has 1 N–H and O–H groups in total. The first-order valence-corrected chi connectivity index (χ1v) is 7.04. The number of ether oxygens (including phenoxy) is 1. The van der Waals surface area contributed by atoms with Gasteiger partial charge in [-0.1, -0.05) is 6.92 Å². The van der Waals surface area contributed by atoms with E-state index in [-0.39, 0.29) is 24.3 Å². The van der Waals surface area contributed by atoms with E-state index in [9.17, 15) is 9.59 Å². The highest BCUT2D eigenvalue weighted by Gasteiger charge is 2.27. The molecule has 0 saturated carbocycles. The highest BCUT2D eigenvalue weighted by atomic mass is 16.5. The van der Waals surface area contributed by atoms with Crippen molar-refractivity contribution in [2.45, 2.75) is 51.5 Å². The number of hydrogen-bond donors (Lipinski definition) is 1. The topological polar surface area (TPSA) is 66.8 Å². The number of nitrogens with zero attached hydrogens (tertiary/aromatic N) is 1. The molecule has 5 heteroatoms. The largest absolute Gasteiger partial charge is 0.481 e. The third-order valence-electron chi connectivity index (χ3n) is 3.61. The van der Waals surface area contributed by atoms with E-state index in [0.29, 0.717) is 19.4 Å². The van der Waals surface area contributed by atoms with Gasteiger partial charge in [0.15, 0.2) is 0 Å². The van der Waals surface area contributed by atoms with Crippen molar-refractivity contribution >= 4 is 11.9 Å². The van der Waals surface area contributed by atoms with E-state index in [1.807, 2.05) is 11.8 Å². The maximum atomic E-state index is 12.3. The van der Waals surface area contributed by atoms with Crippen molar-refractivity contribution < 1.29 is 19.4 Å². The van der Waals surface area contributed by atoms with Crippen LogP contribution in [0, 0.1) is 5.92 Å². The van der Waals surface area contributed by atoms with Crippen LogP contribution in [0.2, 0.25) is 0 Å². The van der Waals surface area contributed by atoms with Crippen molar-refractivity contribution in [1.29, 1.82) is 0 Å². The molecule has 5 nitrogen and oxygen atoms in total. The van der Waals surface area contributed by atoms with Gasteiger partial charge < -0.3 is 14.7 Å². The van der Waals surface area contributed by atoms with Crippen LogP contribution in [0.1, 0.15) is 45.4 Å². The second-order valence-corrected chi connectivity index (χ2v) is 5.43. The van der Waals surface area contributed by atoms with Crippen LogP contribution in [-0.4, -0.2) is 48.2 Å². The zero-order chi connectivity index (χ0) is 14.3. The molecule has 1 aliphatic rings. The summed E-state index contributed by atoms with van der Waals surface area (Å²) in [6.45, 7) is 3.35. The number of likely N-dealkylation sites (tertiary alicyclic amines) is 1. The Morgan fingerprint density at radius 2 is 2.16 bits per heavy atom. The highest BCUT2D eigenvalue weighted by Crippen LogP contribution is 2.22. The Hall–Kier alpha value is -1.10. The van der Waals surface area contributed by atoms with E-state index in [0.717, 1.165) is 25.8 Å². The highest BCUT2D eigenvalue weighted by molar-refractivity contribution is 5.77. The number of carbonyl (C=O) groups excluding carboxylic acids is 1. The lowest BCUT2D eigenvalue weighted by Crippen LogP contribution is -2.44. The van der Waals surface area contributed by atoms with E-state index in [2.05, 4.69) is 0 Å². The average Bonchev–Trinajstić information content (AvgIpc) is 2.36. The van der Waals surface area contributed by atoms with Crippen molar-refractivity contribution in [3.05, 3.63) is 0 Å². The molecule has 2 unspecified atom stereocenters. The van der Waals surface area contributed by atoms with Crippen LogP contribution >= 0.6 is 0 Å². The Morgan fingerprint density at radius 3 is 2.79 bits per heavy atom.